The van der Waals surface area contributed by atoms with Crippen LogP contribution < -0.4 is 10.2 Å². The van der Waals surface area contributed by atoms with Crippen LogP contribution >= 0.6 is 0 Å². The van der Waals surface area contributed by atoms with E-state index in [9.17, 15) is 9.59 Å². The quantitative estimate of drug-likeness (QED) is 0.723. The summed E-state index contributed by atoms with van der Waals surface area (Å²) in [5.41, 5.74) is 2.08. The van der Waals surface area contributed by atoms with Gasteiger partial charge in [0.15, 0.2) is 5.82 Å². The molecule has 1 aromatic carbocycles. The minimum Gasteiger partial charge on any atom is -0.342 e. The molecule has 0 radical (unpaired) electrons. The van der Waals surface area contributed by atoms with E-state index in [1.165, 1.54) is 5.56 Å². The minimum atomic E-state index is -0.0278. The van der Waals surface area contributed by atoms with Gasteiger partial charge in [-0.1, -0.05) is 26.0 Å². The SMILES string of the molecule is CC[C@H](C)C(=O)N1CCC(Cc2ccc(N(C(=O)C3CNC3)c3cccnn3)cc2)CC1. The van der Waals surface area contributed by atoms with Crippen molar-refractivity contribution >= 4 is 23.3 Å². The summed E-state index contributed by atoms with van der Waals surface area (Å²) in [7, 11) is 0. The average Bonchev–Trinajstić information content (AvgIpc) is 2.79. The first-order valence-corrected chi connectivity index (χ1v) is 11.8. The van der Waals surface area contributed by atoms with E-state index in [1.807, 2.05) is 30.0 Å². The number of hydrogen-bond acceptors (Lipinski definition) is 5. The first-order valence-electron chi connectivity index (χ1n) is 11.8. The lowest BCUT2D eigenvalue weighted by Crippen LogP contribution is -2.51. The zero-order valence-corrected chi connectivity index (χ0v) is 19.0. The maximum absolute atomic E-state index is 13.1. The van der Waals surface area contributed by atoms with Crippen LogP contribution in [0, 0.1) is 17.8 Å². The van der Waals surface area contributed by atoms with E-state index in [2.05, 4.69) is 34.6 Å². The Balaban J connectivity index is 1.40. The molecule has 0 bridgehead atoms. The average molecular weight is 436 g/mol. The Labute approximate surface area is 190 Å². The molecule has 170 valence electrons. The van der Waals surface area contributed by atoms with Crippen LogP contribution in [-0.4, -0.2) is 53.1 Å². The van der Waals surface area contributed by atoms with E-state index < -0.39 is 0 Å². The molecule has 1 aromatic heterocycles. The minimum absolute atomic E-state index is 0.0278. The number of rotatable bonds is 7. The van der Waals surface area contributed by atoms with Crippen molar-refractivity contribution < 1.29 is 9.59 Å². The number of nitrogens with one attached hydrogen (secondary N) is 1. The molecule has 2 aliphatic rings. The molecule has 2 fully saturated rings. The van der Waals surface area contributed by atoms with Gasteiger partial charge in [0, 0.05) is 38.3 Å². The Bertz CT molecular complexity index is 906. The third-order valence-electron chi connectivity index (χ3n) is 6.82. The number of carbonyl (C=O) groups excluding carboxylic acids is 2. The van der Waals surface area contributed by atoms with E-state index >= 15 is 0 Å². The Morgan fingerprint density at radius 3 is 2.44 bits per heavy atom. The van der Waals surface area contributed by atoms with Gasteiger partial charge in [0.1, 0.15) is 0 Å². The van der Waals surface area contributed by atoms with Gasteiger partial charge in [-0.05, 0) is 61.4 Å². The van der Waals surface area contributed by atoms with E-state index in [4.69, 9.17) is 0 Å². The van der Waals surface area contributed by atoms with Gasteiger partial charge in [-0.15, -0.1) is 5.10 Å². The van der Waals surface area contributed by atoms with Gasteiger partial charge in [0.05, 0.1) is 11.6 Å². The smallest absolute Gasteiger partial charge is 0.238 e. The second kappa shape index (κ2) is 10.2. The van der Waals surface area contributed by atoms with E-state index in [0.29, 0.717) is 30.7 Å². The predicted molar refractivity (Wildman–Crippen MR) is 124 cm³/mol. The summed E-state index contributed by atoms with van der Waals surface area (Å²) >= 11 is 0. The molecule has 7 heteroatoms. The number of likely N-dealkylation sites (tertiary alicyclic amines) is 1. The fourth-order valence-corrected chi connectivity index (χ4v) is 4.39. The molecule has 0 unspecified atom stereocenters. The Morgan fingerprint density at radius 2 is 1.88 bits per heavy atom. The molecule has 3 heterocycles. The Morgan fingerprint density at radius 1 is 1.16 bits per heavy atom. The normalized spacial score (nSPS) is 18.1. The highest BCUT2D eigenvalue weighted by molar-refractivity contribution is 6.01. The zero-order chi connectivity index (χ0) is 22.5. The summed E-state index contributed by atoms with van der Waals surface area (Å²) < 4.78 is 0. The van der Waals surface area contributed by atoms with Crippen LogP contribution in [0.2, 0.25) is 0 Å². The number of aromatic nitrogens is 2. The van der Waals surface area contributed by atoms with E-state index in [-0.39, 0.29) is 17.7 Å². The van der Waals surface area contributed by atoms with Gasteiger partial charge in [0.25, 0.3) is 0 Å². The lowest BCUT2D eigenvalue weighted by atomic mass is 9.89. The van der Waals surface area contributed by atoms with Gasteiger partial charge in [-0.2, -0.15) is 5.10 Å². The van der Waals surface area contributed by atoms with Gasteiger partial charge in [0.2, 0.25) is 11.8 Å². The third-order valence-corrected chi connectivity index (χ3v) is 6.82. The van der Waals surface area contributed by atoms with Crippen LogP contribution in [0.3, 0.4) is 0 Å². The molecule has 2 saturated heterocycles. The highest BCUT2D eigenvalue weighted by Gasteiger charge is 2.32. The van der Waals surface area contributed by atoms with Crippen molar-refractivity contribution in [2.24, 2.45) is 17.8 Å². The van der Waals surface area contributed by atoms with Crippen LogP contribution in [0.5, 0.6) is 0 Å². The van der Waals surface area contributed by atoms with Crippen molar-refractivity contribution in [3.8, 4) is 0 Å². The summed E-state index contributed by atoms with van der Waals surface area (Å²) in [6.45, 7) is 7.21. The molecule has 2 amide bonds. The standard InChI is InChI=1S/C25H33N5O2/c1-3-18(2)24(31)29-13-10-20(11-14-29)15-19-6-8-22(9-7-19)30(23-5-4-12-27-28-23)25(32)21-16-26-17-21/h4-9,12,18,20-21,26H,3,10-11,13-17H2,1-2H3/t18-/m0/s1. The van der Waals surface area contributed by atoms with Crippen LogP contribution in [0.15, 0.2) is 42.6 Å². The van der Waals surface area contributed by atoms with E-state index in [0.717, 1.165) is 44.5 Å². The fraction of sp³-hybridized carbons (Fsp3) is 0.520. The van der Waals surface area contributed by atoms with Crippen molar-refractivity contribution in [1.29, 1.82) is 0 Å². The lowest BCUT2D eigenvalue weighted by Gasteiger charge is -2.33. The Hall–Kier alpha value is -2.80. The largest absolute Gasteiger partial charge is 0.342 e. The molecule has 2 aromatic rings. The van der Waals surface area contributed by atoms with Crippen LogP contribution in [0.4, 0.5) is 11.5 Å². The molecule has 1 atom stereocenters. The molecule has 0 spiro atoms. The number of piperidine rings is 1. The maximum Gasteiger partial charge on any atom is 0.238 e. The number of amides is 2. The molecule has 1 N–H and O–H groups in total. The molecule has 0 aliphatic carbocycles. The number of nitrogens with zero attached hydrogens (tertiary/aromatic N) is 4. The summed E-state index contributed by atoms with van der Waals surface area (Å²) in [4.78, 5) is 29.2. The van der Waals surface area contributed by atoms with E-state index in [1.54, 1.807) is 17.2 Å². The fourth-order valence-electron chi connectivity index (χ4n) is 4.39. The summed E-state index contributed by atoms with van der Waals surface area (Å²) in [5, 5.41) is 11.3. The predicted octanol–water partition coefficient (Wildman–Crippen LogP) is 3.19. The van der Waals surface area contributed by atoms with Crippen LogP contribution in [0.1, 0.15) is 38.7 Å². The van der Waals surface area contributed by atoms with Crippen LogP contribution in [0.25, 0.3) is 0 Å². The first kappa shape index (κ1) is 22.4. The molecule has 2 aliphatic heterocycles. The van der Waals surface area contributed by atoms with Crippen molar-refractivity contribution in [1.82, 2.24) is 20.4 Å². The van der Waals surface area contributed by atoms with Gasteiger partial charge in [-0.25, -0.2) is 0 Å². The monoisotopic (exact) mass is 435 g/mol. The zero-order valence-electron chi connectivity index (χ0n) is 19.0. The van der Waals surface area contributed by atoms with Crippen molar-refractivity contribution in [3.63, 3.8) is 0 Å². The molecular weight excluding hydrogens is 402 g/mol. The highest BCUT2D eigenvalue weighted by atomic mass is 16.2. The number of anilines is 2. The van der Waals surface area contributed by atoms with Gasteiger partial charge in [-0.3, -0.25) is 14.5 Å². The molecule has 32 heavy (non-hydrogen) atoms. The molecule has 7 nitrogen and oxygen atoms in total. The van der Waals surface area contributed by atoms with Crippen molar-refractivity contribution in [2.45, 2.75) is 39.5 Å². The summed E-state index contributed by atoms with van der Waals surface area (Å²) in [6.07, 6.45) is 5.60. The maximum atomic E-state index is 13.1. The number of carbonyl (C=O) groups is 2. The topological polar surface area (TPSA) is 78.4 Å². The molecule has 0 saturated carbocycles. The second-order valence-electron chi connectivity index (χ2n) is 9.06. The van der Waals surface area contributed by atoms with Crippen molar-refractivity contribution in [2.75, 3.05) is 31.1 Å². The lowest BCUT2D eigenvalue weighted by molar-refractivity contribution is -0.136. The van der Waals surface area contributed by atoms with Crippen LogP contribution in [-0.2, 0) is 16.0 Å². The molecular formula is C25H33N5O2. The Kier molecular flexibility index (Phi) is 7.15. The third kappa shape index (κ3) is 4.99. The summed E-state index contributed by atoms with van der Waals surface area (Å²) in [5.74, 6) is 1.58. The molecule has 4 rings (SSSR count). The second-order valence-corrected chi connectivity index (χ2v) is 9.06. The highest BCUT2D eigenvalue weighted by Crippen LogP contribution is 2.28. The number of hydrogen-bond donors (Lipinski definition) is 1. The van der Waals surface area contributed by atoms with Gasteiger partial charge < -0.3 is 10.2 Å². The number of benzene rings is 1. The summed E-state index contributed by atoms with van der Waals surface area (Å²) in [6, 6.07) is 11.9. The first-order chi connectivity index (χ1) is 15.6. The van der Waals surface area contributed by atoms with Gasteiger partial charge >= 0.3 is 0 Å². The van der Waals surface area contributed by atoms with Crippen molar-refractivity contribution in [3.05, 3.63) is 48.2 Å².